The van der Waals surface area contributed by atoms with Gasteiger partial charge in [-0.2, -0.15) is 17.5 Å². The number of nitrogens with zero attached hydrogens (tertiary/aromatic N) is 1. The van der Waals surface area contributed by atoms with Crippen LogP contribution >= 0.6 is 0 Å². The molecule has 3 rings (SSSR count). The van der Waals surface area contributed by atoms with Crippen molar-refractivity contribution in [3.63, 3.8) is 0 Å². The first-order valence-corrected chi connectivity index (χ1v) is 11.9. The largest absolute Gasteiger partial charge is 0.490 e. The molecule has 2 heterocycles. The number of halogens is 3. The summed E-state index contributed by atoms with van der Waals surface area (Å²) in [5, 5.41) is 16.0. The van der Waals surface area contributed by atoms with E-state index in [2.05, 4.69) is 16.0 Å². The fourth-order valence-corrected chi connectivity index (χ4v) is 4.39. The number of hydrogen-bond donors (Lipinski definition) is 4. The lowest BCUT2D eigenvalue weighted by Crippen LogP contribution is -2.62. The van der Waals surface area contributed by atoms with Gasteiger partial charge in [0.2, 0.25) is 15.9 Å². The van der Waals surface area contributed by atoms with Crippen LogP contribution < -0.4 is 16.0 Å². The number of likely N-dealkylation sites (N-methyl/N-ethyl adjacent to an activating group) is 1. The summed E-state index contributed by atoms with van der Waals surface area (Å²) in [6.45, 7) is 3.42. The summed E-state index contributed by atoms with van der Waals surface area (Å²) in [5.41, 5.74) is -0.270. The average molecular weight is 521 g/mol. The fraction of sp³-hybridized carbons (Fsp3) is 0.476. The van der Waals surface area contributed by atoms with Gasteiger partial charge in [-0.3, -0.25) is 9.59 Å². The molecule has 1 saturated heterocycles. The second kappa shape index (κ2) is 11.2. The van der Waals surface area contributed by atoms with Crippen LogP contribution in [0.4, 0.5) is 13.2 Å². The van der Waals surface area contributed by atoms with E-state index in [9.17, 15) is 31.2 Å². The number of aliphatic carboxylic acids is 1. The van der Waals surface area contributed by atoms with E-state index in [1.54, 1.807) is 25.1 Å². The van der Waals surface area contributed by atoms with E-state index in [0.717, 1.165) is 0 Å². The Labute approximate surface area is 200 Å². The maximum atomic E-state index is 12.8. The van der Waals surface area contributed by atoms with Gasteiger partial charge in [-0.15, -0.1) is 0 Å². The monoisotopic (exact) mass is 520 g/mol. The van der Waals surface area contributed by atoms with Crippen molar-refractivity contribution in [1.82, 2.24) is 20.3 Å². The molecule has 2 aliphatic rings. The molecule has 0 aliphatic carbocycles. The molecule has 1 aromatic carbocycles. The normalized spacial score (nSPS) is 23.6. The topological polar surface area (TPSA) is 145 Å². The Morgan fingerprint density at radius 2 is 1.83 bits per heavy atom. The summed E-state index contributed by atoms with van der Waals surface area (Å²) in [6, 6.07) is 5.67. The predicted molar refractivity (Wildman–Crippen MR) is 119 cm³/mol. The van der Waals surface area contributed by atoms with Gasteiger partial charge >= 0.3 is 12.1 Å². The molecule has 4 N–H and O–H groups in total. The molecule has 35 heavy (non-hydrogen) atoms. The molecule has 1 fully saturated rings. The van der Waals surface area contributed by atoms with E-state index in [0.29, 0.717) is 26.1 Å². The van der Waals surface area contributed by atoms with Crippen molar-refractivity contribution in [1.29, 1.82) is 0 Å². The van der Waals surface area contributed by atoms with Gasteiger partial charge in [-0.05, 0) is 31.5 Å². The van der Waals surface area contributed by atoms with Gasteiger partial charge in [0.25, 0.3) is 5.91 Å². The van der Waals surface area contributed by atoms with Crippen molar-refractivity contribution < 1.29 is 41.1 Å². The first kappa shape index (κ1) is 28.3. The molecule has 1 aromatic rings. The molecule has 1 atom stereocenters. The van der Waals surface area contributed by atoms with E-state index in [1.807, 2.05) is 6.08 Å². The smallest absolute Gasteiger partial charge is 0.475 e. The predicted octanol–water partition coefficient (Wildman–Crippen LogP) is 0.724. The molecule has 10 nitrogen and oxygen atoms in total. The number of carbonyl (C=O) groups excluding carboxylic acids is 2. The molecule has 194 valence electrons. The van der Waals surface area contributed by atoms with Gasteiger partial charge in [0.05, 0.1) is 10.3 Å². The van der Waals surface area contributed by atoms with Crippen LogP contribution in [0, 0.1) is 5.41 Å². The van der Waals surface area contributed by atoms with Crippen LogP contribution in [-0.4, -0.2) is 81.1 Å². The van der Waals surface area contributed by atoms with Crippen molar-refractivity contribution in [3.8, 4) is 0 Å². The number of carbonyl (C=O) groups is 3. The number of carboxylic acid groups (broad SMARTS) is 1. The Morgan fingerprint density at radius 3 is 2.37 bits per heavy atom. The molecular formula is C21H27F3N4O6S. The number of rotatable bonds is 0. The summed E-state index contributed by atoms with van der Waals surface area (Å²) in [7, 11) is -2.23. The van der Waals surface area contributed by atoms with E-state index in [1.165, 1.54) is 23.5 Å². The lowest BCUT2D eigenvalue weighted by Gasteiger charge is -2.40. The second-order valence-corrected chi connectivity index (χ2v) is 10.3. The van der Waals surface area contributed by atoms with Gasteiger partial charge in [-0.25, -0.2) is 13.2 Å². The standard InChI is InChI=1S/C19H26N4O4S.C2HF3O2/c1-14-11-21-18(25)19(12-20-13-19)8-3-4-9-23(2)28(26,27)16-7-5-6-15(10-16)17(24)22-14;3-2(4,5)1(6)7/h3-7,10,14,20H,8-9,11-13H2,1-2H3,(H,21,25)(H,22,24);(H,6,7)/b4-3+;/t14-;/m1./s1. The van der Waals surface area contributed by atoms with Crippen LogP contribution in [0.5, 0.6) is 0 Å². The second-order valence-electron chi connectivity index (χ2n) is 8.26. The van der Waals surface area contributed by atoms with Crippen LogP contribution in [-0.2, 0) is 19.6 Å². The van der Waals surface area contributed by atoms with Crippen LogP contribution in [0.25, 0.3) is 0 Å². The minimum atomic E-state index is -5.08. The fourth-order valence-electron chi connectivity index (χ4n) is 3.22. The molecule has 0 saturated carbocycles. The van der Waals surface area contributed by atoms with Gasteiger partial charge in [0, 0.05) is 44.8 Å². The number of nitrogens with one attached hydrogen (secondary N) is 3. The Bertz CT molecular complexity index is 1090. The summed E-state index contributed by atoms with van der Waals surface area (Å²) in [6.07, 6.45) is -0.939. The van der Waals surface area contributed by atoms with Crippen LogP contribution in [0.15, 0.2) is 41.3 Å². The molecule has 2 aliphatic heterocycles. The Morgan fingerprint density at radius 1 is 1.20 bits per heavy atom. The minimum absolute atomic E-state index is 0.0629. The number of carboxylic acids is 1. The third kappa shape index (κ3) is 7.26. The zero-order valence-corrected chi connectivity index (χ0v) is 19.9. The zero-order valence-electron chi connectivity index (χ0n) is 19.1. The summed E-state index contributed by atoms with van der Waals surface area (Å²) < 4.78 is 58.5. The summed E-state index contributed by atoms with van der Waals surface area (Å²) in [4.78, 5) is 34.1. The van der Waals surface area contributed by atoms with Gasteiger partial charge in [0.1, 0.15) is 0 Å². The summed E-state index contributed by atoms with van der Waals surface area (Å²) in [5.74, 6) is -3.20. The van der Waals surface area contributed by atoms with Gasteiger partial charge < -0.3 is 21.1 Å². The molecule has 2 amide bonds. The highest BCUT2D eigenvalue weighted by atomic mass is 32.2. The van der Waals surface area contributed by atoms with Crippen molar-refractivity contribution in [2.75, 3.05) is 33.2 Å². The van der Waals surface area contributed by atoms with E-state index >= 15 is 0 Å². The highest BCUT2D eigenvalue weighted by molar-refractivity contribution is 7.89. The number of alkyl halides is 3. The quantitative estimate of drug-likeness (QED) is 0.369. The maximum absolute atomic E-state index is 12.8. The van der Waals surface area contributed by atoms with Crippen LogP contribution in [0.3, 0.4) is 0 Å². The number of amides is 2. The minimum Gasteiger partial charge on any atom is -0.475 e. The molecule has 2 bridgehead atoms. The van der Waals surface area contributed by atoms with Gasteiger partial charge in [0.15, 0.2) is 0 Å². The first-order valence-electron chi connectivity index (χ1n) is 10.5. The molecule has 0 aromatic heterocycles. The van der Waals surface area contributed by atoms with Crippen LogP contribution in [0.1, 0.15) is 23.7 Å². The third-order valence-corrected chi connectivity index (χ3v) is 7.26. The van der Waals surface area contributed by atoms with Crippen molar-refractivity contribution in [2.45, 2.75) is 30.5 Å². The van der Waals surface area contributed by atoms with Crippen molar-refractivity contribution in [3.05, 3.63) is 42.0 Å². The molecule has 1 spiro atoms. The van der Waals surface area contributed by atoms with Crippen LogP contribution in [0.2, 0.25) is 0 Å². The molecule has 0 radical (unpaired) electrons. The first-order chi connectivity index (χ1) is 16.2. The Hall–Kier alpha value is -2.97. The van der Waals surface area contributed by atoms with E-state index in [4.69, 9.17) is 9.90 Å². The highest BCUT2D eigenvalue weighted by Gasteiger charge is 2.43. The molecule has 0 unspecified atom stereocenters. The maximum Gasteiger partial charge on any atom is 0.490 e. The lowest BCUT2D eigenvalue weighted by molar-refractivity contribution is -0.192. The zero-order chi connectivity index (χ0) is 26.4. The van der Waals surface area contributed by atoms with Crippen molar-refractivity contribution >= 4 is 27.8 Å². The number of benzene rings is 1. The third-order valence-electron chi connectivity index (χ3n) is 5.44. The lowest BCUT2D eigenvalue weighted by atomic mass is 9.77. The number of allylic oxidation sites excluding steroid dienone is 1. The number of fused-ring (bicyclic) bond motifs is 2. The Balaban J connectivity index is 0.000000540. The van der Waals surface area contributed by atoms with Gasteiger partial charge in [-0.1, -0.05) is 18.2 Å². The number of hydrogen-bond acceptors (Lipinski definition) is 6. The number of sulfonamides is 1. The van der Waals surface area contributed by atoms with E-state index < -0.39 is 27.6 Å². The highest BCUT2D eigenvalue weighted by Crippen LogP contribution is 2.28. The molecule has 14 heteroatoms. The Kier molecular flexibility index (Phi) is 9.03. The van der Waals surface area contributed by atoms with E-state index in [-0.39, 0.29) is 34.9 Å². The van der Waals surface area contributed by atoms with Crippen molar-refractivity contribution in [2.24, 2.45) is 5.41 Å². The molecular weight excluding hydrogens is 493 g/mol. The SMILES string of the molecule is C[C@@H]1CNC(=O)C2(C/C=C/CN(C)S(=O)(=O)c3cccc(c3)C(=O)N1)CNC2.O=C(O)C(F)(F)F. The summed E-state index contributed by atoms with van der Waals surface area (Å²) >= 11 is 0. The average Bonchev–Trinajstić information content (AvgIpc) is 2.75.